The van der Waals surface area contributed by atoms with Crippen molar-refractivity contribution < 1.29 is 19.5 Å². The van der Waals surface area contributed by atoms with E-state index in [1.807, 2.05) is 27.7 Å². The molecule has 1 aromatic carbocycles. The number of carbonyl (C=O) groups is 3. The molecule has 9 heteroatoms. The Bertz CT molecular complexity index is 1170. The van der Waals surface area contributed by atoms with Gasteiger partial charge in [-0.15, -0.1) is 0 Å². The first-order valence-corrected chi connectivity index (χ1v) is 12.2. The zero-order valence-corrected chi connectivity index (χ0v) is 21.7. The minimum atomic E-state index is -1.28. The third-order valence-electron chi connectivity index (χ3n) is 6.44. The van der Waals surface area contributed by atoms with Gasteiger partial charge in [-0.2, -0.15) is 0 Å². The van der Waals surface area contributed by atoms with Crippen molar-refractivity contribution in [3.63, 3.8) is 0 Å². The van der Waals surface area contributed by atoms with Crippen LogP contribution in [0.3, 0.4) is 0 Å². The number of aromatic nitrogens is 1. The van der Waals surface area contributed by atoms with Gasteiger partial charge in [0, 0.05) is 35.8 Å². The quantitative estimate of drug-likeness (QED) is 0.374. The van der Waals surface area contributed by atoms with E-state index in [-0.39, 0.29) is 27.8 Å². The number of allylic oxidation sites excluding steroid dienone is 2. The minimum absolute atomic E-state index is 0.0618. The number of rotatable bonds is 10. The molecule has 186 valence electrons. The Morgan fingerprint density at radius 3 is 2.20 bits per heavy atom. The number of carboxylic acid groups (broad SMARTS) is 1. The molecule has 1 amide bonds. The van der Waals surface area contributed by atoms with Gasteiger partial charge in [-0.25, -0.2) is 4.79 Å². The van der Waals surface area contributed by atoms with Crippen LogP contribution in [0.4, 0.5) is 5.69 Å². The number of hydrogen-bond donors (Lipinski definition) is 3. The Hall–Kier alpha value is -2.90. The molecule has 0 saturated carbocycles. The van der Waals surface area contributed by atoms with Crippen LogP contribution in [0.15, 0.2) is 47.9 Å². The van der Waals surface area contributed by atoms with Crippen molar-refractivity contribution in [2.45, 2.75) is 58.9 Å². The third-order valence-corrected chi connectivity index (χ3v) is 7.02. The van der Waals surface area contributed by atoms with Crippen molar-refractivity contribution in [1.29, 1.82) is 0 Å². The number of halogens is 2. The average Bonchev–Trinajstić information content (AvgIpc) is 2.81. The molecule has 1 aliphatic carbocycles. The highest BCUT2D eigenvalue weighted by Gasteiger charge is 2.50. The van der Waals surface area contributed by atoms with Crippen molar-refractivity contribution in [1.82, 2.24) is 10.3 Å². The number of nitrogens with zero attached hydrogens (tertiary/aromatic N) is 1. The lowest BCUT2D eigenvalue weighted by Crippen LogP contribution is -2.59. The fourth-order valence-electron chi connectivity index (χ4n) is 4.29. The number of aliphatic carboxylic acids is 1. The van der Waals surface area contributed by atoms with Gasteiger partial charge >= 0.3 is 5.97 Å². The van der Waals surface area contributed by atoms with Crippen molar-refractivity contribution >= 4 is 46.5 Å². The average molecular weight is 518 g/mol. The van der Waals surface area contributed by atoms with Crippen molar-refractivity contribution in [3.8, 4) is 0 Å². The maximum Gasteiger partial charge on any atom is 0.329 e. The predicted octanol–water partition coefficient (Wildman–Crippen LogP) is 5.67. The smallest absolute Gasteiger partial charge is 0.329 e. The van der Waals surface area contributed by atoms with E-state index in [1.165, 1.54) is 12.4 Å². The molecule has 0 aliphatic heterocycles. The molecule has 0 bridgehead atoms. The summed E-state index contributed by atoms with van der Waals surface area (Å²) in [4.78, 5) is 41.5. The predicted molar refractivity (Wildman–Crippen MR) is 137 cm³/mol. The number of ketones is 1. The number of amides is 1. The van der Waals surface area contributed by atoms with E-state index in [4.69, 9.17) is 23.2 Å². The van der Waals surface area contributed by atoms with Crippen LogP contribution in [0.1, 0.15) is 62.9 Å². The first kappa shape index (κ1) is 26.7. The van der Waals surface area contributed by atoms with Crippen LogP contribution in [0.25, 0.3) is 0 Å². The molecular weight excluding hydrogens is 489 g/mol. The van der Waals surface area contributed by atoms with Gasteiger partial charge in [0.2, 0.25) is 0 Å². The summed E-state index contributed by atoms with van der Waals surface area (Å²) < 4.78 is 0. The van der Waals surface area contributed by atoms with Gasteiger partial charge < -0.3 is 15.7 Å². The molecule has 3 rings (SSSR count). The van der Waals surface area contributed by atoms with Crippen LogP contribution in [-0.2, 0) is 16.0 Å². The first-order valence-electron chi connectivity index (χ1n) is 11.5. The Balaban J connectivity index is 1.82. The summed E-state index contributed by atoms with van der Waals surface area (Å²) in [5, 5.41) is 16.5. The lowest BCUT2D eigenvalue weighted by molar-refractivity contribution is -0.145. The van der Waals surface area contributed by atoms with Crippen LogP contribution in [-0.4, -0.2) is 33.3 Å². The maximum atomic E-state index is 12.6. The molecule has 1 aromatic heterocycles. The Labute approximate surface area is 214 Å². The van der Waals surface area contributed by atoms with Gasteiger partial charge in [-0.05, 0) is 44.4 Å². The number of carboxylic acids is 1. The van der Waals surface area contributed by atoms with Crippen molar-refractivity contribution in [2.24, 2.45) is 5.41 Å². The van der Waals surface area contributed by atoms with Crippen molar-refractivity contribution in [3.05, 3.63) is 69.1 Å². The summed E-state index contributed by atoms with van der Waals surface area (Å²) >= 11 is 12.1. The topological polar surface area (TPSA) is 108 Å². The second-order valence-electron chi connectivity index (χ2n) is 9.23. The van der Waals surface area contributed by atoms with Gasteiger partial charge in [0.25, 0.3) is 5.91 Å². The molecule has 35 heavy (non-hydrogen) atoms. The summed E-state index contributed by atoms with van der Waals surface area (Å²) in [7, 11) is 0. The van der Waals surface area contributed by atoms with Crippen LogP contribution in [0.5, 0.6) is 0 Å². The SMILES string of the molecule is CCCC1=C(N[C@@](CC)(Cc2ccc(NC(=O)c3c(Cl)cncc3Cl)cc2)C(=O)O)C(C)(C)C1=O. The number of nitrogens with one attached hydrogen (secondary N) is 2. The zero-order valence-electron chi connectivity index (χ0n) is 20.2. The lowest BCUT2D eigenvalue weighted by atomic mass is 9.66. The lowest BCUT2D eigenvalue weighted by Gasteiger charge is -2.44. The Kier molecular flexibility index (Phi) is 7.92. The highest BCUT2D eigenvalue weighted by Crippen LogP contribution is 2.44. The largest absolute Gasteiger partial charge is 0.479 e. The molecular formula is C26H29Cl2N3O4. The zero-order chi connectivity index (χ0) is 26.0. The number of Topliss-reactive ketones (excluding diaryl/α,β-unsaturated/α-hetero) is 1. The molecule has 7 nitrogen and oxygen atoms in total. The summed E-state index contributed by atoms with van der Waals surface area (Å²) in [6, 6.07) is 6.91. The number of anilines is 1. The van der Waals surface area contributed by atoms with Crippen LogP contribution >= 0.6 is 23.2 Å². The highest BCUT2D eigenvalue weighted by molar-refractivity contribution is 6.40. The number of benzene rings is 1. The van der Waals surface area contributed by atoms with Gasteiger partial charge in [0.15, 0.2) is 5.78 Å². The standard InChI is InChI=1S/C26H29Cl2N3O4/c1-5-7-17-21(25(3,4)22(17)32)31-26(6-2,24(34)35)12-15-8-10-16(11-9-15)30-23(33)20-18(27)13-29-14-19(20)28/h8-11,13-14,31H,5-7,12H2,1-4H3,(H,30,33)(H,34,35)/t26-/m0/s1. The number of carbonyl (C=O) groups excluding carboxylic acids is 2. The molecule has 1 heterocycles. The van der Waals surface area contributed by atoms with E-state index < -0.39 is 22.8 Å². The molecule has 0 radical (unpaired) electrons. The molecule has 0 fully saturated rings. The molecule has 1 aliphatic rings. The van der Waals surface area contributed by atoms with Crippen LogP contribution in [0, 0.1) is 5.41 Å². The highest BCUT2D eigenvalue weighted by atomic mass is 35.5. The van der Waals surface area contributed by atoms with Gasteiger partial charge in [-0.1, -0.05) is 55.6 Å². The fraction of sp³-hybridized carbons (Fsp3) is 0.385. The van der Waals surface area contributed by atoms with Gasteiger partial charge in [0.05, 0.1) is 21.0 Å². The Morgan fingerprint density at radius 2 is 1.69 bits per heavy atom. The molecule has 0 spiro atoms. The van der Waals surface area contributed by atoms with E-state index in [2.05, 4.69) is 15.6 Å². The summed E-state index contributed by atoms with van der Waals surface area (Å²) in [5.74, 6) is -1.40. The van der Waals surface area contributed by atoms with E-state index in [1.54, 1.807) is 24.3 Å². The molecule has 0 saturated heterocycles. The number of pyridine rings is 1. The Morgan fingerprint density at radius 1 is 1.09 bits per heavy atom. The molecule has 0 unspecified atom stereocenters. The number of hydrogen-bond acceptors (Lipinski definition) is 5. The van der Waals surface area contributed by atoms with Gasteiger partial charge in [0.1, 0.15) is 5.54 Å². The van der Waals surface area contributed by atoms with Gasteiger partial charge in [-0.3, -0.25) is 14.6 Å². The normalized spacial score (nSPS) is 16.3. The minimum Gasteiger partial charge on any atom is -0.479 e. The maximum absolute atomic E-state index is 12.6. The monoisotopic (exact) mass is 517 g/mol. The van der Waals surface area contributed by atoms with E-state index in [9.17, 15) is 19.5 Å². The second kappa shape index (κ2) is 10.4. The first-order chi connectivity index (χ1) is 16.5. The van der Waals surface area contributed by atoms with E-state index >= 15 is 0 Å². The second-order valence-corrected chi connectivity index (χ2v) is 10.0. The van der Waals surface area contributed by atoms with E-state index in [0.717, 1.165) is 12.0 Å². The van der Waals surface area contributed by atoms with Crippen LogP contribution < -0.4 is 10.6 Å². The van der Waals surface area contributed by atoms with E-state index in [0.29, 0.717) is 29.8 Å². The summed E-state index contributed by atoms with van der Waals surface area (Å²) in [5.41, 5.74) is 0.777. The fourth-order valence-corrected chi connectivity index (χ4v) is 4.83. The summed E-state index contributed by atoms with van der Waals surface area (Å²) in [6.45, 7) is 7.44. The van der Waals surface area contributed by atoms with Crippen molar-refractivity contribution in [2.75, 3.05) is 5.32 Å². The molecule has 2 aromatic rings. The summed E-state index contributed by atoms with van der Waals surface area (Å²) in [6.07, 6.45) is 4.61. The third kappa shape index (κ3) is 5.21. The van der Waals surface area contributed by atoms with Crippen LogP contribution in [0.2, 0.25) is 10.0 Å². The molecule has 3 N–H and O–H groups in total. The molecule has 1 atom stereocenters.